The summed E-state index contributed by atoms with van der Waals surface area (Å²) >= 11 is 0. The second kappa shape index (κ2) is 7.20. The summed E-state index contributed by atoms with van der Waals surface area (Å²) < 4.78 is 0. The van der Waals surface area contributed by atoms with E-state index >= 15 is 0 Å². The normalized spacial score (nSPS) is 16.4. The topological polar surface area (TPSA) is 0 Å². The fourth-order valence-electron chi connectivity index (χ4n) is 2.87. The first-order chi connectivity index (χ1) is 9.93. The maximum atomic E-state index is 2.33. The zero-order valence-electron chi connectivity index (χ0n) is 11.8. The lowest BCUT2D eigenvalue weighted by atomic mass is 10.0. The first-order valence-electron chi connectivity index (χ1n) is 7.60. The van der Waals surface area contributed by atoms with E-state index in [4.69, 9.17) is 0 Å². The molecule has 1 fully saturated rings. The van der Waals surface area contributed by atoms with Crippen LogP contribution >= 0.6 is 7.47 Å². The molecule has 1 aliphatic carbocycles. The van der Waals surface area contributed by atoms with Crippen molar-refractivity contribution in [1.29, 1.82) is 0 Å². The maximum Gasteiger partial charge on any atom is 0.0907 e. The van der Waals surface area contributed by atoms with Crippen molar-refractivity contribution in [2.45, 2.75) is 37.6 Å². The van der Waals surface area contributed by atoms with Gasteiger partial charge in [-0.15, -0.1) is 0 Å². The molecule has 0 amide bonds. The number of hydrogen-bond donors (Lipinski definition) is 0. The molecule has 0 aliphatic heterocycles. The summed E-state index contributed by atoms with van der Waals surface area (Å²) in [6, 6.07) is 22.3. The molecule has 102 valence electrons. The summed E-state index contributed by atoms with van der Waals surface area (Å²) in [5, 5.41) is 3.11. The molecule has 1 aliphatic rings. The molecule has 0 atom stereocenters. The van der Waals surface area contributed by atoms with E-state index in [9.17, 15) is 0 Å². The van der Waals surface area contributed by atoms with Gasteiger partial charge in [-0.2, -0.15) is 0 Å². The Morgan fingerprint density at radius 3 is 1.70 bits per heavy atom. The van der Waals surface area contributed by atoms with Gasteiger partial charge in [-0.05, 0) is 16.2 Å². The Labute approximate surface area is 126 Å². The van der Waals surface area contributed by atoms with Gasteiger partial charge in [0.05, 0.1) is 9.19 Å². The molecule has 0 aromatic heterocycles. The van der Waals surface area contributed by atoms with E-state index in [0.717, 1.165) is 14.7 Å². The molecule has 2 aromatic rings. The molecule has 0 nitrogen and oxygen atoms in total. The molecule has 0 bridgehead atoms. The molecule has 3 rings (SSSR count). The molecular weight excluding hydrogens is 275 g/mol. The third-order valence-corrected chi connectivity index (χ3v) is 10.2. The van der Waals surface area contributed by atoms with E-state index < -0.39 is 0 Å². The Bertz CT molecular complexity index is 466. The van der Waals surface area contributed by atoms with E-state index in [-0.39, 0.29) is 7.47 Å². The highest BCUT2D eigenvalue weighted by atomic mass is 31.4. The van der Waals surface area contributed by atoms with Crippen molar-refractivity contribution < 1.29 is 0 Å². The summed E-state index contributed by atoms with van der Waals surface area (Å²) in [7, 11) is 0.946. The van der Waals surface area contributed by atoms with Gasteiger partial charge in [0.1, 0.15) is 0 Å². The third-order valence-electron chi connectivity index (χ3n) is 3.95. The number of benzene rings is 2. The highest BCUT2D eigenvalue weighted by Crippen LogP contribution is 2.40. The summed E-state index contributed by atoms with van der Waals surface area (Å²) in [5.41, 5.74) is 0.968. The fourth-order valence-corrected chi connectivity index (χ4v) is 9.09. The first-order valence-corrected chi connectivity index (χ1v) is 10.9. The summed E-state index contributed by atoms with van der Waals surface area (Å²) in [5.74, 6) is 0. The van der Waals surface area contributed by atoms with Crippen LogP contribution in [0.4, 0.5) is 0 Å². The van der Waals surface area contributed by atoms with Crippen LogP contribution in [-0.2, 0) is 0 Å². The molecule has 0 unspecified atom stereocenters. The zero-order valence-corrected chi connectivity index (χ0v) is 13.7. The van der Waals surface area contributed by atoms with Crippen molar-refractivity contribution in [1.82, 2.24) is 0 Å². The van der Waals surface area contributed by atoms with Crippen LogP contribution in [0.2, 0.25) is 5.54 Å². The van der Waals surface area contributed by atoms with Gasteiger partial charge in [-0.3, -0.25) is 0 Å². The molecule has 2 radical (unpaired) electrons. The Hall–Kier alpha value is -0.913. The lowest BCUT2D eigenvalue weighted by Gasteiger charge is -2.26. The SMILES string of the molecule is c1ccc(P([Si]C2CCCCC2)c2ccccc2)cc1. The van der Waals surface area contributed by atoms with Crippen LogP contribution in [0.25, 0.3) is 0 Å². The molecule has 2 heteroatoms. The second-order valence-electron chi connectivity index (χ2n) is 5.47. The Balaban J connectivity index is 1.83. The van der Waals surface area contributed by atoms with Crippen LogP contribution in [0.1, 0.15) is 32.1 Å². The van der Waals surface area contributed by atoms with Gasteiger partial charge in [0, 0.05) is 0 Å². The largest absolute Gasteiger partial charge is 0.0907 e. The van der Waals surface area contributed by atoms with Crippen LogP contribution in [-0.4, -0.2) is 9.19 Å². The molecule has 20 heavy (non-hydrogen) atoms. The molecule has 0 N–H and O–H groups in total. The minimum Gasteiger partial charge on any atom is -0.0622 e. The standard InChI is InChI=1S/C18H21PSi/c1-4-10-16(11-5-1)19(17-12-6-2-7-13-17)20-18-14-8-3-9-15-18/h1-2,4-7,10-13,18H,3,8-9,14-15H2. The van der Waals surface area contributed by atoms with Crippen LogP contribution in [0.3, 0.4) is 0 Å². The van der Waals surface area contributed by atoms with Crippen LogP contribution in [0.5, 0.6) is 0 Å². The molecule has 0 spiro atoms. The van der Waals surface area contributed by atoms with Gasteiger partial charge in [-0.1, -0.05) is 100 Å². The lowest BCUT2D eigenvalue weighted by Crippen LogP contribution is -2.19. The molecule has 2 aromatic carbocycles. The monoisotopic (exact) mass is 296 g/mol. The van der Waals surface area contributed by atoms with Crippen molar-refractivity contribution in [3.8, 4) is 0 Å². The summed E-state index contributed by atoms with van der Waals surface area (Å²) in [6.07, 6.45) is 7.26. The van der Waals surface area contributed by atoms with Crippen LogP contribution in [0.15, 0.2) is 60.7 Å². The summed E-state index contributed by atoms with van der Waals surface area (Å²) in [4.78, 5) is 0. The highest BCUT2D eigenvalue weighted by Gasteiger charge is 2.22. The molecule has 0 saturated heterocycles. The van der Waals surface area contributed by atoms with Gasteiger partial charge >= 0.3 is 0 Å². The van der Waals surface area contributed by atoms with Gasteiger partial charge in [0.15, 0.2) is 0 Å². The molecular formula is C18H21PSi. The van der Waals surface area contributed by atoms with Crippen molar-refractivity contribution >= 4 is 27.3 Å². The van der Waals surface area contributed by atoms with Gasteiger partial charge in [0.2, 0.25) is 0 Å². The van der Waals surface area contributed by atoms with E-state index in [0.29, 0.717) is 0 Å². The van der Waals surface area contributed by atoms with Gasteiger partial charge in [-0.25, -0.2) is 0 Å². The number of hydrogen-bond acceptors (Lipinski definition) is 0. The zero-order chi connectivity index (χ0) is 13.6. The van der Waals surface area contributed by atoms with E-state index in [1.807, 2.05) is 0 Å². The van der Waals surface area contributed by atoms with Crippen molar-refractivity contribution in [3.63, 3.8) is 0 Å². The van der Waals surface area contributed by atoms with Crippen molar-refractivity contribution in [3.05, 3.63) is 60.7 Å². The van der Waals surface area contributed by atoms with Crippen LogP contribution in [0, 0.1) is 0 Å². The van der Waals surface area contributed by atoms with Crippen LogP contribution < -0.4 is 10.6 Å². The minimum atomic E-state index is -0.146. The first kappa shape index (κ1) is 14.0. The maximum absolute atomic E-state index is 2.33. The second-order valence-corrected chi connectivity index (χ2v) is 10.4. The Kier molecular flexibility index (Phi) is 5.05. The quantitative estimate of drug-likeness (QED) is 0.576. The minimum absolute atomic E-state index is 0.146. The third kappa shape index (κ3) is 3.59. The van der Waals surface area contributed by atoms with Gasteiger partial charge < -0.3 is 0 Å². The lowest BCUT2D eigenvalue weighted by molar-refractivity contribution is 0.503. The fraction of sp³-hybridized carbons (Fsp3) is 0.333. The van der Waals surface area contributed by atoms with Crippen molar-refractivity contribution in [2.75, 3.05) is 0 Å². The van der Waals surface area contributed by atoms with E-state index in [2.05, 4.69) is 60.7 Å². The predicted molar refractivity (Wildman–Crippen MR) is 91.7 cm³/mol. The smallest absolute Gasteiger partial charge is 0.0622 e. The Morgan fingerprint density at radius 1 is 0.700 bits per heavy atom. The molecule has 0 heterocycles. The van der Waals surface area contributed by atoms with E-state index in [1.165, 1.54) is 32.1 Å². The Morgan fingerprint density at radius 2 is 1.20 bits per heavy atom. The molecule has 1 saturated carbocycles. The van der Waals surface area contributed by atoms with Crippen molar-refractivity contribution in [2.24, 2.45) is 0 Å². The number of rotatable bonds is 4. The average Bonchev–Trinajstić information content (AvgIpc) is 2.55. The predicted octanol–water partition coefficient (Wildman–Crippen LogP) is 4.49. The van der Waals surface area contributed by atoms with Gasteiger partial charge in [0.25, 0.3) is 0 Å². The highest BCUT2D eigenvalue weighted by molar-refractivity contribution is 7.97. The average molecular weight is 296 g/mol. The van der Waals surface area contributed by atoms with E-state index in [1.54, 1.807) is 10.6 Å². The summed E-state index contributed by atoms with van der Waals surface area (Å²) in [6.45, 7) is 0.